The molecule has 2 rings (SSSR count). The van der Waals surface area contributed by atoms with Gasteiger partial charge in [0.15, 0.2) is 5.82 Å². The first-order chi connectivity index (χ1) is 8.29. The van der Waals surface area contributed by atoms with Crippen molar-refractivity contribution in [2.75, 3.05) is 5.88 Å². The second kappa shape index (κ2) is 6.07. The van der Waals surface area contributed by atoms with Gasteiger partial charge in [0, 0.05) is 17.2 Å². The predicted molar refractivity (Wildman–Crippen MR) is 69.5 cm³/mol. The van der Waals surface area contributed by atoms with Crippen molar-refractivity contribution >= 4 is 23.4 Å². The minimum absolute atomic E-state index is 0.507. The summed E-state index contributed by atoms with van der Waals surface area (Å²) in [4.78, 5) is 5.51. The molecule has 0 unspecified atom stereocenters. The molecule has 0 aliphatic carbocycles. The van der Waals surface area contributed by atoms with Crippen molar-refractivity contribution < 1.29 is 4.52 Å². The van der Waals surface area contributed by atoms with Crippen molar-refractivity contribution in [2.45, 2.75) is 24.0 Å². The Balaban J connectivity index is 1.95. The van der Waals surface area contributed by atoms with Crippen molar-refractivity contribution in [1.29, 1.82) is 0 Å². The molecule has 3 nitrogen and oxygen atoms in total. The molecule has 0 aliphatic rings. The molecule has 0 saturated heterocycles. The Morgan fingerprint density at radius 3 is 2.94 bits per heavy atom. The molecule has 5 heteroatoms. The molecule has 0 atom stereocenters. The third-order valence-corrected chi connectivity index (χ3v) is 3.63. The summed E-state index contributed by atoms with van der Waals surface area (Å²) in [6, 6.07) is 8.26. The number of thioether (sulfide) groups is 1. The first kappa shape index (κ1) is 12.5. The van der Waals surface area contributed by atoms with Gasteiger partial charge in [-0.25, -0.2) is 0 Å². The lowest BCUT2D eigenvalue weighted by Gasteiger charge is -2.01. The molecular weight excluding hydrogens is 256 g/mol. The highest BCUT2D eigenvalue weighted by atomic mass is 35.5. The molecule has 1 aromatic carbocycles. The molecule has 0 N–H and O–H groups in total. The molecule has 17 heavy (non-hydrogen) atoms. The molecular formula is C12H13ClN2OS. The second-order valence-electron chi connectivity index (χ2n) is 3.60. The van der Waals surface area contributed by atoms with Gasteiger partial charge in [0.1, 0.15) is 0 Å². The van der Waals surface area contributed by atoms with Gasteiger partial charge in [-0.3, -0.25) is 0 Å². The topological polar surface area (TPSA) is 38.9 Å². The fourth-order valence-corrected chi connectivity index (χ4v) is 2.43. The number of aryl methyl sites for hydroxylation is 2. The lowest BCUT2D eigenvalue weighted by Crippen LogP contribution is -1.88. The monoisotopic (exact) mass is 268 g/mol. The summed E-state index contributed by atoms with van der Waals surface area (Å²) in [5.41, 5.74) is 1.27. The van der Waals surface area contributed by atoms with E-state index >= 15 is 0 Å². The van der Waals surface area contributed by atoms with Gasteiger partial charge in [-0.15, -0.1) is 23.4 Å². The fourth-order valence-electron chi connectivity index (χ4n) is 1.39. The van der Waals surface area contributed by atoms with Gasteiger partial charge in [0.25, 0.3) is 0 Å². The van der Waals surface area contributed by atoms with Crippen molar-refractivity contribution in [3.63, 3.8) is 0 Å². The van der Waals surface area contributed by atoms with Gasteiger partial charge < -0.3 is 4.52 Å². The van der Waals surface area contributed by atoms with Crippen molar-refractivity contribution in [3.8, 4) is 0 Å². The Labute approximate surface area is 110 Å². The number of halogens is 1. The summed E-state index contributed by atoms with van der Waals surface area (Å²) in [5.74, 6) is 2.56. The zero-order valence-corrected chi connectivity index (χ0v) is 11.1. The van der Waals surface area contributed by atoms with Gasteiger partial charge >= 0.3 is 0 Å². The standard InChI is InChI=1S/C12H13ClN2OS/c1-9-4-2-3-5-10(9)17-8-11-14-12(6-7-13)16-15-11/h2-5H,6-8H2,1H3. The summed E-state index contributed by atoms with van der Waals surface area (Å²) in [5, 5.41) is 3.91. The Kier molecular flexibility index (Phi) is 4.45. The molecule has 0 saturated carbocycles. The zero-order valence-electron chi connectivity index (χ0n) is 9.52. The van der Waals surface area contributed by atoms with Crippen LogP contribution < -0.4 is 0 Å². The van der Waals surface area contributed by atoms with E-state index in [0.717, 1.165) is 11.6 Å². The van der Waals surface area contributed by atoms with Crippen LogP contribution in [0.3, 0.4) is 0 Å². The van der Waals surface area contributed by atoms with Crippen LogP contribution in [0.5, 0.6) is 0 Å². The maximum absolute atomic E-state index is 5.61. The number of hydrogen-bond donors (Lipinski definition) is 0. The molecule has 90 valence electrons. The highest BCUT2D eigenvalue weighted by Crippen LogP contribution is 2.24. The predicted octanol–water partition coefficient (Wildman–Crippen LogP) is 3.45. The number of hydrogen-bond acceptors (Lipinski definition) is 4. The van der Waals surface area contributed by atoms with E-state index in [-0.39, 0.29) is 0 Å². The number of nitrogens with zero attached hydrogens (tertiary/aromatic N) is 2. The molecule has 1 aromatic heterocycles. The van der Waals surface area contributed by atoms with Crippen LogP contribution in [0.1, 0.15) is 17.3 Å². The van der Waals surface area contributed by atoms with E-state index in [2.05, 4.69) is 29.2 Å². The van der Waals surface area contributed by atoms with Crippen LogP contribution in [0.25, 0.3) is 0 Å². The molecule has 0 fully saturated rings. The molecule has 0 spiro atoms. The number of rotatable bonds is 5. The van der Waals surface area contributed by atoms with Crippen LogP contribution in [0.15, 0.2) is 33.7 Å². The Morgan fingerprint density at radius 1 is 1.35 bits per heavy atom. The zero-order chi connectivity index (χ0) is 12.1. The smallest absolute Gasteiger partial charge is 0.227 e. The highest BCUT2D eigenvalue weighted by Gasteiger charge is 2.06. The van der Waals surface area contributed by atoms with Gasteiger partial charge in [0.2, 0.25) is 5.89 Å². The van der Waals surface area contributed by atoms with Crippen molar-refractivity contribution in [3.05, 3.63) is 41.5 Å². The van der Waals surface area contributed by atoms with Crippen LogP contribution in [-0.2, 0) is 12.2 Å². The molecule has 2 aromatic rings. The Bertz CT molecular complexity index is 487. The number of alkyl halides is 1. The number of aromatic nitrogens is 2. The van der Waals surface area contributed by atoms with E-state index < -0.39 is 0 Å². The minimum atomic E-state index is 0.507. The Morgan fingerprint density at radius 2 is 2.18 bits per heavy atom. The average molecular weight is 269 g/mol. The highest BCUT2D eigenvalue weighted by molar-refractivity contribution is 7.98. The van der Waals surface area contributed by atoms with Gasteiger partial charge in [-0.1, -0.05) is 23.4 Å². The number of benzene rings is 1. The molecule has 0 aliphatic heterocycles. The van der Waals surface area contributed by atoms with Crippen LogP contribution in [0, 0.1) is 6.92 Å². The third kappa shape index (κ3) is 3.48. The Hall–Kier alpha value is -1.000. The lowest BCUT2D eigenvalue weighted by atomic mass is 10.2. The van der Waals surface area contributed by atoms with Gasteiger partial charge in [0.05, 0.1) is 5.75 Å². The van der Waals surface area contributed by atoms with E-state index in [1.807, 2.05) is 12.1 Å². The summed E-state index contributed by atoms with van der Waals surface area (Å²) in [7, 11) is 0. The maximum Gasteiger partial charge on any atom is 0.227 e. The summed E-state index contributed by atoms with van der Waals surface area (Å²) in [6.07, 6.45) is 0.629. The van der Waals surface area contributed by atoms with Crippen LogP contribution in [-0.4, -0.2) is 16.0 Å². The average Bonchev–Trinajstić information content (AvgIpc) is 2.76. The minimum Gasteiger partial charge on any atom is -0.339 e. The van der Waals surface area contributed by atoms with Crippen LogP contribution >= 0.6 is 23.4 Å². The quantitative estimate of drug-likeness (QED) is 0.615. The molecule has 0 radical (unpaired) electrons. The second-order valence-corrected chi connectivity index (χ2v) is 4.99. The maximum atomic E-state index is 5.61. The molecule has 0 bridgehead atoms. The summed E-state index contributed by atoms with van der Waals surface area (Å²) >= 11 is 7.32. The largest absolute Gasteiger partial charge is 0.339 e. The van der Waals surface area contributed by atoms with Gasteiger partial charge in [-0.2, -0.15) is 4.98 Å². The lowest BCUT2D eigenvalue weighted by molar-refractivity contribution is 0.378. The van der Waals surface area contributed by atoms with Crippen molar-refractivity contribution in [1.82, 2.24) is 10.1 Å². The summed E-state index contributed by atoms with van der Waals surface area (Å²) < 4.78 is 5.06. The van der Waals surface area contributed by atoms with E-state index in [4.69, 9.17) is 16.1 Å². The SMILES string of the molecule is Cc1ccccc1SCc1noc(CCCl)n1. The van der Waals surface area contributed by atoms with Crippen molar-refractivity contribution in [2.24, 2.45) is 0 Å². The summed E-state index contributed by atoms with van der Waals surface area (Å²) in [6.45, 7) is 2.09. The molecule has 1 heterocycles. The van der Waals surface area contributed by atoms with Crippen LogP contribution in [0.4, 0.5) is 0 Å². The van der Waals surface area contributed by atoms with E-state index in [1.165, 1.54) is 10.5 Å². The third-order valence-electron chi connectivity index (χ3n) is 2.27. The van der Waals surface area contributed by atoms with Crippen LogP contribution in [0.2, 0.25) is 0 Å². The first-order valence-corrected chi connectivity index (χ1v) is 6.87. The van der Waals surface area contributed by atoms with E-state index in [9.17, 15) is 0 Å². The first-order valence-electron chi connectivity index (χ1n) is 5.35. The van der Waals surface area contributed by atoms with E-state index in [1.54, 1.807) is 11.8 Å². The molecule has 0 amide bonds. The normalized spacial score (nSPS) is 10.7. The van der Waals surface area contributed by atoms with Gasteiger partial charge in [-0.05, 0) is 18.6 Å². The van der Waals surface area contributed by atoms with E-state index in [0.29, 0.717) is 18.2 Å². The fraction of sp³-hybridized carbons (Fsp3) is 0.333.